The van der Waals surface area contributed by atoms with Crippen LogP contribution in [0.2, 0.25) is 0 Å². The van der Waals surface area contributed by atoms with E-state index in [2.05, 4.69) is 15.4 Å². The van der Waals surface area contributed by atoms with E-state index >= 15 is 0 Å². The number of hydrogen-bond donors (Lipinski definition) is 2. The molecule has 0 bridgehead atoms. The summed E-state index contributed by atoms with van der Waals surface area (Å²) in [5.74, 6) is -0.463. The van der Waals surface area contributed by atoms with Crippen molar-refractivity contribution in [1.82, 2.24) is 10.6 Å². The normalized spacial score (nSPS) is 15.3. The number of para-hydroxylation sites is 1. The van der Waals surface area contributed by atoms with Gasteiger partial charge in [-0.3, -0.25) is 10.1 Å². The van der Waals surface area contributed by atoms with Gasteiger partial charge in [0.25, 0.3) is 0 Å². The molecule has 2 aromatic carbocycles. The second-order valence-corrected chi connectivity index (χ2v) is 6.16. The first-order valence-electron chi connectivity index (χ1n) is 8.35. The van der Waals surface area contributed by atoms with Crippen molar-refractivity contribution in [3.05, 3.63) is 65.7 Å². The van der Waals surface area contributed by atoms with Gasteiger partial charge < -0.3 is 10.1 Å². The molecule has 0 saturated heterocycles. The van der Waals surface area contributed by atoms with Crippen molar-refractivity contribution in [1.29, 1.82) is 0 Å². The monoisotopic (exact) mass is 364 g/mol. The molecule has 1 fully saturated rings. The molecular formula is C19H19F3N2O2. The molecule has 0 unspecified atom stereocenters. The maximum atomic E-state index is 12.6. The molecule has 138 valence electrons. The molecule has 0 heterocycles. The largest absolute Gasteiger partial charge is 0.573 e. The van der Waals surface area contributed by atoms with E-state index in [0.29, 0.717) is 5.56 Å². The first-order chi connectivity index (χ1) is 12.4. The van der Waals surface area contributed by atoms with Crippen LogP contribution in [-0.4, -0.2) is 18.3 Å². The number of alkyl halides is 3. The Kier molecular flexibility index (Phi) is 5.46. The van der Waals surface area contributed by atoms with Gasteiger partial charge in [0.15, 0.2) is 0 Å². The average molecular weight is 364 g/mol. The highest BCUT2D eigenvalue weighted by Gasteiger charge is 2.32. The topological polar surface area (TPSA) is 50.4 Å². The molecule has 3 rings (SSSR count). The molecule has 1 saturated carbocycles. The fraction of sp³-hybridized carbons (Fsp3) is 0.316. The van der Waals surface area contributed by atoms with E-state index in [9.17, 15) is 18.0 Å². The predicted octanol–water partition coefficient (Wildman–Crippen LogP) is 3.69. The standard InChI is InChI=1S/C19H19F3N2O2/c20-19(21,22)26-16-9-5-4-8-14(16)12-23-17(13-6-2-1-3-7-13)18(25)24-15-10-11-15/h1-9,15,17,23H,10-12H2,(H,24,25)/t17-/m0/s1. The maximum absolute atomic E-state index is 12.6. The Balaban J connectivity index is 1.74. The van der Waals surface area contributed by atoms with E-state index in [-0.39, 0.29) is 24.2 Å². The third-order valence-electron chi connectivity index (χ3n) is 4.01. The Bertz CT molecular complexity index is 746. The minimum atomic E-state index is -4.77. The van der Waals surface area contributed by atoms with Crippen LogP contribution in [-0.2, 0) is 11.3 Å². The van der Waals surface area contributed by atoms with Gasteiger partial charge in [0, 0.05) is 18.2 Å². The molecular weight excluding hydrogens is 345 g/mol. The van der Waals surface area contributed by atoms with Gasteiger partial charge in [0.05, 0.1) is 0 Å². The molecule has 0 aliphatic heterocycles. The van der Waals surface area contributed by atoms with Gasteiger partial charge in [-0.1, -0.05) is 48.5 Å². The minimum absolute atomic E-state index is 0.0594. The first kappa shape index (κ1) is 18.3. The molecule has 0 aromatic heterocycles. The van der Waals surface area contributed by atoms with Crippen LogP contribution < -0.4 is 15.4 Å². The molecule has 7 heteroatoms. The lowest BCUT2D eigenvalue weighted by Gasteiger charge is -2.20. The molecule has 2 aromatic rings. The van der Waals surface area contributed by atoms with Crippen molar-refractivity contribution in [3.8, 4) is 5.75 Å². The lowest BCUT2D eigenvalue weighted by Crippen LogP contribution is -2.38. The van der Waals surface area contributed by atoms with Crippen LogP contribution >= 0.6 is 0 Å². The molecule has 4 nitrogen and oxygen atoms in total. The number of benzene rings is 2. The number of ether oxygens (including phenoxy) is 1. The van der Waals surface area contributed by atoms with Gasteiger partial charge in [-0.25, -0.2) is 0 Å². The minimum Gasteiger partial charge on any atom is -0.405 e. The summed E-state index contributed by atoms with van der Waals surface area (Å²) < 4.78 is 41.7. The van der Waals surface area contributed by atoms with Gasteiger partial charge in [-0.2, -0.15) is 0 Å². The Morgan fingerprint density at radius 2 is 1.73 bits per heavy atom. The first-order valence-corrected chi connectivity index (χ1v) is 8.35. The smallest absolute Gasteiger partial charge is 0.405 e. The van der Waals surface area contributed by atoms with E-state index < -0.39 is 12.4 Å². The number of rotatable bonds is 7. The molecule has 1 amide bonds. The van der Waals surface area contributed by atoms with Crippen LogP contribution in [0, 0.1) is 0 Å². The van der Waals surface area contributed by atoms with Crippen molar-refractivity contribution in [3.63, 3.8) is 0 Å². The zero-order chi connectivity index (χ0) is 18.6. The van der Waals surface area contributed by atoms with Crippen molar-refractivity contribution in [2.24, 2.45) is 0 Å². The fourth-order valence-electron chi connectivity index (χ4n) is 2.61. The molecule has 2 N–H and O–H groups in total. The molecule has 1 atom stereocenters. The molecule has 1 aliphatic rings. The lowest BCUT2D eigenvalue weighted by molar-refractivity contribution is -0.274. The van der Waals surface area contributed by atoms with Crippen LogP contribution in [0.15, 0.2) is 54.6 Å². The summed E-state index contributed by atoms with van der Waals surface area (Å²) in [6.45, 7) is 0.0594. The van der Waals surface area contributed by atoms with Gasteiger partial charge in [0.1, 0.15) is 11.8 Å². The van der Waals surface area contributed by atoms with Gasteiger partial charge in [-0.15, -0.1) is 13.2 Å². The summed E-state index contributed by atoms with van der Waals surface area (Å²) in [5, 5.41) is 5.98. The molecule has 0 spiro atoms. The van der Waals surface area contributed by atoms with Crippen LogP contribution in [0.4, 0.5) is 13.2 Å². The highest BCUT2D eigenvalue weighted by molar-refractivity contribution is 5.83. The van der Waals surface area contributed by atoms with E-state index in [1.807, 2.05) is 30.3 Å². The Morgan fingerprint density at radius 3 is 2.38 bits per heavy atom. The second-order valence-electron chi connectivity index (χ2n) is 6.16. The number of nitrogens with one attached hydrogen (secondary N) is 2. The quantitative estimate of drug-likeness (QED) is 0.788. The van der Waals surface area contributed by atoms with Gasteiger partial charge in [-0.05, 0) is 24.5 Å². The van der Waals surface area contributed by atoms with E-state index in [0.717, 1.165) is 18.4 Å². The summed E-state index contributed by atoms with van der Waals surface area (Å²) >= 11 is 0. The zero-order valence-electron chi connectivity index (χ0n) is 13.9. The van der Waals surface area contributed by atoms with Crippen LogP contribution in [0.25, 0.3) is 0 Å². The van der Waals surface area contributed by atoms with Gasteiger partial charge in [0.2, 0.25) is 5.91 Å². The average Bonchev–Trinajstić information content (AvgIpc) is 3.40. The van der Waals surface area contributed by atoms with Crippen molar-refractivity contribution in [2.45, 2.75) is 37.8 Å². The SMILES string of the molecule is O=C(NC1CC1)[C@@H](NCc1ccccc1OC(F)(F)F)c1ccccc1. The van der Waals surface area contributed by atoms with E-state index in [1.165, 1.54) is 18.2 Å². The fourth-order valence-corrected chi connectivity index (χ4v) is 2.61. The molecule has 0 radical (unpaired) electrons. The third kappa shape index (κ3) is 5.23. The predicted molar refractivity (Wildman–Crippen MR) is 90.3 cm³/mol. The zero-order valence-corrected chi connectivity index (χ0v) is 13.9. The lowest BCUT2D eigenvalue weighted by atomic mass is 10.1. The number of carbonyl (C=O) groups is 1. The van der Waals surface area contributed by atoms with Crippen molar-refractivity contribution >= 4 is 5.91 Å². The number of hydrogen-bond acceptors (Lipinski definition) is 3. The summed E-state index contributed by atoms with van der Waals surface area (Å²) in [5.41, 5.74) is 1.07. The Labute approximate surface area is 149 Å². The van der Waals surface area contributed by atoms with Crippen molar-refractivity contribution in [2.75, 3.05) is 0 Å². The number of halogens is 3. The summed E-state index contributed by atoms with van der Waals surface area (Å²) in [6.07, 6.45) is -2.86. The Morgan fingerprint density at radius 1 is 1.08 bits per heavy atom. The Hall–Kier alpha value is -2.54. The highest BCUT2D eigenvalue weighted by Crippen LogP contribution is 2.27. The maximum Gasteiger partial charge on any atom is 0.573 e. The second kappa shape index (κ2) is 7.78. The summed E-state index contributed by atoms with van der Waals surface area (Å²) in [6, 6.07) is 14.5. The van der Waals surface area contributed by atoms with E-state index in [4.69, 9.17) is 0 Å². The van der Waals surface area contributed by atoms with Gasteiger partial charge >= 0.3 is 6.36 Å². The number of carbonyl (C=O) groups excluding carboxylic acids is 1. The number of amides is 1. The third-order valence-corrected chi connectivity index (χ3v) is 4.01. The van der Waals surface area contributed by atoms with Crippen LogP contribution in [0.3, 0.4) is 0 Å². The van der Waals surface area contributed by atoms with Crippen LogP contribution in [0.5, 0.6) is 5.75 Å². The van der Waals surface area contributed by atoms with Crippen molar-refractivity contribution < 1.29 is 22.7 Å². The highest BCUT2D eigenvalue weighted by atomic mass is 19.4. The van der Waals surface area contributed by atoms with Crippen LogP contribution in [0.1, 0.15) is 30.0 Å². The summed E-state index contributed by atoms with van der Waals surface area (Å²) in [4.78, 5) is 12.5. The molecule has 1 aliphatic carbocycles. The summed E-state index contributed by atoms with van der Waals surface area (Å²) in [7, 11) is 0. The molecule has 26 heavy (non-hydrogen) atoms. The van der Waals surface area contributed by atoms with E-state index in [1.54, 1.807) is 6.07 Å².